The molecule has 28 heavy (non-hydrogen) atoms. The minimum Gasteiger partial charge on any atom is -0.467 e. The Balaban J connectivity index is 1.24. The molecule has 0 radical (unpaired) electrons. The third kappa shape index (κ3) is 4.62. The SMILES string of the molecule is O=C(COc1cc(N2CC(F)(F)C2)[nH]c(=O)n1)NCC1CC2CCCC(C2)C1. The first-order chi connectivity index (χ1) is 13.4. The number of rotatable bonds is 6. The maximum Gasteiger partial charge on any atom is 0.349 e. The summed E-state index contributed by atoms with van der Waals surface area (Å²) in [6, 6.07) is 1.37. The number of H-pyrrole nitrogens is 1. The second-order valence-electron chi connectivity index (χ2n) is 8.45. The lowest BCUT2D eigenvalue weighted by molar-refractivity contribution is -0.123. The minimum atomic E-state index is -2.75. The largest absolute Gasteiger partial charge is 0.467 e. The van der Waals surface area contributed by atoms with Crippen LogP contribution in [-0.2, 0) is 4.79 Å². The molecule has 1 aromatic heterocycles. The van der Waals surface area contributed by atoms with Crippen molar-refractivity contribution in [2.45, 2.75) is 44.4 Å². The number of halogens is 2. The topological polar surface area (TPSA) is 87.3 Å². The normalized spacial score (nSPS) is 28.4. The van der Waals surface area contributed by atoms with Gasteiger partial charge in [0.1, 0.15) is 5.82 Å². The zero-order valence-electron chi connectivity index (χ0n) is 15.8. The highest BCUT2D eigenvalue weighted by Gasteiger charge is 2.44. The third-order valence-electron chi connectivity index (χ3n) is 6.06. The summed E-state index contributed by atoms with van der Waals surface area (Å²) in [6.45, 7) is -0.537. The number of carbonyl (C=O) groups excluding carboxylic acids is 1. The van der Waals surface area contributed by atoms with Crippen LogP contribution in [0.1, 0.15) is 38.5 Å². The van der Waals surface area contributed by atoms with E-state index in [1.807, 2.05) is 0 Å². The van der Waals surface area contributed by atoms with Crippen molar-refractivity contribution in [2.24, 2.45) is 17.8 Å². The Morgan fingerprint density at radius 1 is 1.29 bits per heavy atom. The van der Waals surface area contributed by atoms with E-state index in [0.29, 0.717) is 12.5 Å². The molecule has 1 saturated heterocycles. The van der Waals surface area contributed by atoms with Crippen molar-refractivity contribution in [1.29, 1.82) is 0 Å². The molecule has 2 heterocycles. The number of anilines is 1. The number of fused-ring (bicyclic) bond motifs is 2. The van der Waals surface area contributed by atoms with Crippen molar-refractivity contribution in [2.75, 3.05) is 31.1 Å². The number of nitrogens with one attached hydrogen (secondary N) is 2. The summed E-state index contributed by atoms with van der Waals surface area (Å²) in [7, 11) is 0. The molecule has 9 heteroatoms. The van der Waals surface area contributed by atoms with Crippen molar-refractivity contribution >= 4 is 11.7 Å². The van der Waals surface area contributed by atoms with Gasteiger partial charge in [-0.3, -0.25) is 9.78 Å². The van der Waals surface area contributed by atoms with Crippen LogP contribution in [0.2, 0.25) is 0 Å². The summed E-state index contributed by atoms with van der Waals surface area (Å²) >= 11 is 0. The summed E-state index contributed by atoms with van der Waals surface area (Å²) in [6.07, 6.45) is 7.65. The summed E-state index contributed by atoms with van der Waals surface area (Å²) < 4.78 is 31.3. The summed E-state index contributed by atoms with van der Waals surface area (Å²) in [5, 5.41) is 2.91. The lowest BCUT2D eigenvalue weighted by Gasteiger charge is -2.39. The van der Waals surface area contributed by atoms with Gasteiger partial charge in [0.15, 0.2) is 6.61 Å². The molecule has 0 aromatic carbocycles. The fourth-order valence-electron chi connectivity index (χ4n) is 4.83. The van der Waals surface area contributed by atoms with Gasteiger partial charge in [-0.2, -0.15) is 4.98 Å². The Morgan fingerprint density at radius 3 is 2.68 bits per heavy atom. The van der Waals surface area contributed by atoms with Gasteiger partial charge in [0.05, 0.1) is 13.1 Å². The number of nitrogens with zero attached hydrogens (tertiary/aromatic N) is 2. The summed E-state index contributed by atoms with van der Waals surface area (Å²) in [5.74, 6) is -0.721. The average molecular weight is 396 g/mol. The Morgan fingerprint density at radius 2 is 2.00 bits per heavy atom. The number of hydrogen-bond donors (Lipinski definition) is 2. The summed E-state index contributed by atoms with van der Waals surface area (Å²) in [5.41, 5.74) is -0.697. The number of ether oxygens (including phenoxy) is 1. The third-order valence-corrected chi connectivity index (χ3v) is 6.06. The number of aromatic amines is 1. The van der Waals surface area contributed by atoms with Crippen LogP contribution >= 0.6 is 0 Å². The molecule has 3 aliphatic rings. The van der Waals surface area contributed by atoms with Crippen LogP contribution in [0.25, 0.3) is 0 Å². The van der Waals surface area contributed by atoms with Crippen molar-refractivity contribution in [3.63, 3.8) is 0 Å². The minimum absolute atomic E-state index is 0.0451. The maximum absolute atomic E-state index is 13.0. The van der Waals surface area contributed by atoms with Gasteiger partial charge in [-0.05, 0) is 37.0 Å². The van der Waals surface area contributed by atoms with Crippen LogP contribution in [0.3, 0.4) is 0 Å². The molecule has 2 atom stereocenters. The number of hydrogen-bond acceptors (Lipinski definition) is 5. The van der Waals surface area contributed by atoms with Crippen molar-refractivity contribution in [1.82, 2.24) is 15.3 Å². The van der Waals surface area contributed by atoms with Gasteiger partial charge in [-0.15, -0.1) is 0 Å². The van der Waals surface area contributed by atoms with Crippen LogP contribution < -0.4 is 20.6 Å². The van der Waals surface area contributed by atoms with Gasteiger partial charge in [0, 0.05) is 12.6 Å². The first-order valence-corrected chi connectivity index (χ1v) is 10.00. The average Bonchev–Trinajstić information content (AvgIpc) is 2.62. The highest BCUT2D eigenvalue weighted by atomic mass is 19.3. The number of carbonyl (C=O) groups is 1. The molecule has 2 bridgehead atoms. The molecule has 4 rings (SSSR count). The highest BCUT2D eigenvalue weighted by molar-refractivity contribution is 5.77. The predicted octanol–water partition coefficient (Wildman–Crippen LogP) is 1.94. The fraction of sp³-hybridized carbons (Fsp3) is 0.737. The lowest BCUT2D eigenvalue weighted by Crippen LogP contribution is -2.57. The van der Waals surface area contributed by atoms with Gasteiger partial charge < -0.3 is 15.0 Å². The molecule has 2 N–H and O–H groups in total. The van der Waals surface area contributed by atoms with Crippen molar-refractivity contribution in [3.8, 4) is 5.88 Å². The van der Waals surface area contributed by atoms with Crippen LogP contribution in [0.15, 0.2) is 10.9 Å². The van der Waals surface area contributed by atoms with Crippen molar-refractivity contribution in [3.05, 3.63) is 16.6 Å². The molecule has 154 valence electrons. The lowest BCUT2D eigenvalue weighted by atomic mass is 9.68. The zero-order valence-corrected chi connectivity index (χ0v) is 15.8. The van der Waals surface area contributed by atoms with E-state index >= 15 is 0 Å². The van der Waals surface area contributed by atoms with Gasteiger partial charge in [-0.1, -0.05) is 19.3 Å². The van der Waals surface area contributed by atoms with E-state index in [9.17, 15) is 18.4 Å². The van der Waals surface area contributed by atoms with E-state index in [2.05, 4.69) is 15.3 Å². The smallest absolute Gasteiger partial charge is 0.349 e. The van der Waals surface area contributed by atoms with Crippen LogP contribution in [-0.4, -0.2) is 48.0 Å². The maximum atomic E-state index is 13.0. The quantitative estimate of drug-likeness (QED) is 0.767. The van der Waals surface area contributed by atoms with Gasteiger partial charge >= 0.3 is 5.69 Å². The number of aromatic nitrogens is 2. The fourth-order valence-corrected chi connectivity index (χ4v) is 4.83. The molecule has 7 nitrogen and oxygen atoms in total. The van der Waals surface area contributed by atoms with Crippen molar-refractivity contribution < 1.29 is 18.3 Å². The molecule has 0 spiro atoms. The predicted molar refractivity (Wildman–Crippen MR) is 98.7 cm³/mol. The Hall–Kier alpha value is -2.19. The van der Waals surface area contributed by atoms with E-state index in [0.717, 1.165) is 11.8 Å². The molecule has 3 fully saturated rings. The van der Waals surface area contributed by atoms with E-state index in [-0.39, 0.29) is 24.2 Å². The molecule has 2 saturated carbocycles. The van der Waals surface area contributed by atoms with E-state index in [1.54, 1.807) is 0 Å². The summed E-state index contributed by atoms with van der Waals surface area (Å²) in [4.78, 5) is 31.1. The molecule has 1 amide bonds. The highest BCUT2D eigenvalue weighted by Crippen LogP contribution is 2.42. The molecule has 1 aliphatic heterocycles. The van der Waals surface area contributed by atoms with Crippen LogP contribution in [0, 0.1) is 17.8 Å². The zero-order chi connectivity index (χ0) is 19.7. The Labute approximate surface area is 161 Å². The second-order valence-corrected chi connectivity index (χ2v) is 8.45. The molecule has 2 unspecified atom stereocenters. The Kier molecular flexibility index (Phi) is 5.25. The number of amides is 1. The first kappa shape index (κ1) is 19.1. The van der Waals surface area contributed by atoms with Gasteiger partial charge in [0.2, 0.25) is 5.88 Å². The van der Waals surface area contributed by atoms with E-state index in [4.69, 9.17) is 4.74 Å². The van der Waals surface area contributed by atoms with E-state index < -0.39 is 24.7 Å². The molecule has 2 aliphatic carbocycles. The first-order valence-electron chi connectivity index (χ1n) is 10.00. The van der Waals surface area contributed by atoms with Crippen LogP contribution in [0.5, 0.6) is 5.88 Å². The Bertz CT molecular complexity index is 765. The second kappa shape index (κ2) is 7.67. The molecular weight excluding hydrogens is 370 g/mol. The molecule has 1 aromatic rings. The monoisotopic (exact) mass is 396 g/mol. The van der Waals surface area contributed by atoms with Crippen LogP contribution in [0.4, 0.5) is 14.6 Å². The number of alkyl halides is 2. The molecular formula is C19H26F2N4O3. The van der Waals surface area contributed by atoms with E-state index in [1.165, 1.54) is 49.5 Å². The van der Waals surface area contributed by atoms with Gasteiger partial charge in [-0.25, -0.2) is 13.6 Å². The van der Waals surface area contributed by atoms with Gasteiger partial charge in [0.25, 0.3) is 11.8 Å². The standard InChI is InChI=1S/C19H26F2N4O3/c20-19(21)10-25(11-19)15-7-17(24-18(27)23-15)28-9-16(26)22-8-14-5-12-2-1-3-13(4-12)6-14/h7,12-14H,1-6,8-11H2,(H,22,26)(H,23,24,27).